The molecule has 1 unspecified atom stereocenters. The number of benzene rings is 1. The van der Waals surface area contributed by atoms with Crippen LogP contribution in [0.2, 0.25) is 0 Å². The Hall–Kier alpha value is -3.64. The van der Waals surface area contributed by atoms with E-state index in [4.69, 9.17) is 16.5 Å². The molecule has 0 radical (unpaired) electrons. The number of nitrogens with two attached hydrogens (primary N) is 2. The van der Waals surface area contributed by atoms with E-state index in [-0.39, 0.29) is 23.2 Å². The third-order valence-corrected chi connectivity index (χ3v) is 8.62. The van der Waals surface area contributed by atoms with Crippen LogP contribution in [0.15, 0.2) is 62.7 Å². The summed E-state index contributed by atoms with van der Waals surface area (Å²) in [6, 6.07) is 6.48. The van der Waals surface area contributed by atoms with Crippen molar-refractivity contribution in [1.29, 1.82) is 0 Å². The Morgan fingerprint density at radius 3 is 2.51 bits per heavy atom. The molecule has 4 N–H and O–H groups in total. The molecule has 1 aliphatic rings. The Morgan fingerprint density at radius 1 is 1.15 bits per heavy atom. The van der Waals surface area contributed by atoms with Gasteiger partial charge in [0.05, 0.1) is 10.6 Å². The van der Waals surface area contributed by atoms with Gasteiger partial charge in [0.15, 0.2) is 21.0 Å². The van der Waals surface area contributed by atoms with E-state index in [9.17, 15) is 18.0 Å². The summed E-state index contributed by atoms with van der Waals surface area (Å²) in [5.41, 5.74) is 13.3. The Bertz CT molecular complexity index is 1630. The number of nitrogens with zero attached hydrogens (tertiary/aromatic N) is 5. The molecule has 0 aliphatic carbocycles. The first-order valence-corrected chi connectivity index (χ1v) is 14.7. The molecule has 4 rings (SSSR count). The number of rotatable bonds is 9. The van der Waals surface area contributed by atoms with Crippen LogP contribution < -0.4 is 27.6 Å². The predicted molar refractivity (Wildman–Crippen MR) is 154 cm³/mol. The van der Waals surface area contributed by atoms with Gasteiger partial charge >= 0.3 is 5.69 Å². The van der Waals surface area contributed by atoms with Crippen molar-refractivity contribution in [3.05, 3.63) is 74.6 Å². The fourth-order valence-electron chi connectivity index (χ4n) is 4.82. The molecule has 0 bridgehead atoms. The zero-order valence-corrected chi connectivity index (χ0v) is 23.5. The van der Waals surface area contributed by atoms with E-state index in [1.54, 1.807) is 19.2 Å². The lowest BCUT2D eigenvalue weighted by Gasteiger charge is -2.31. The van der Waals surface area contributed by atoms with Gasteiger partial charge in [-0.3, -0.25) is 13.9 Å². The van der Waals surface area contributed by atoms with Gasteiger partial charge in [-0.1, -0.05) is 29.9 Å². The highest BCUT2D eigenvalue weighted by Crippen LogP contribution is 2.23. The first kappa shape index (κ1) is 28.4. The Morgan fingerprint density at radius 2 is 1.87 bits per heavy atom. The van der Waals surface area contributed by atoms with Gasteiger partial charge in [-0.15, -0.1) is 0 Å². The van der Waals surface area contributed by atoms with Gasteiger partial charge in [-0.25, -0.2) is 13.2 Å². The Kier molecular flexibility index (Phi) is 8.45. The molecule has 0 spiro atoms. The molecule has 2 aromatic heterocycles. The molecular formula is C27H37N7O4S. The Labute approximate surface area is 228 Å². The standard InChI is InChI=1S/C27H37N7O4S/c1-19(2)11-15-33-23-24(30-26(33)32-14-4-6-21(29)18-32)31(3)27(36)34(25(23)35)16-12-20-7-9-22(10-8-20)39(37,38)17-5-13-28/h5,7-11,13,21H,4,6,12,14-18,28-29H2,1-3H3. The summed E-state index contributed by atoms with van der Waals surface area (Å²) in [5, 5.41) is 0. The number of anilines is 1. The number of aromatic nitrogens is 4. The molecule has 1 saturated heterocycles. The lowest BCUT2D eigenvalue weighted by Crippen LogP contribution is -2.44. The van der Waals surface area contributed by atoms with Crippen molar-refractivity contribution < 1.29 is 8.42 Å². The molecule has 3 heterocycles. The van der Waals surface area contributed by atoms with E-state index in [1.807, 2.05) is 24.5 Å². The molecule has 1 aliphatic heterocycles. The van der Waals surface area contributed by atoms with Gasteiger partial charge in [-0.2, -0.15) is 4.98 Å². The van der Waals surface area contributed by atoms with Crippen LogP contribution in [0.25, 0.3) is 11.2 Å². The SMILES string of the molecule is CC(C)=CCn1c(N2CCCC(N)C2)nc2c1c(=O)n(CCc1ccc(S(=O)(=O)CC=CN)cc1)c(=O)n2C. The smallest absolute Gasteiger partial charge is 0.332 e. The van der Waals surface area contributed by atoms with Crippen LogP contribution >= 0.6 is 0 Å². The number of fused-ring (bicyclic) bond motifs is 1. The summed E-state index contributed by atoms with van der Waals surface area (Å²) in [6.07, 6.45) is 6.86. The normalized spacial score (nSPS) is 16.3. The molecule has 12 heteroatoms. The van der Waals surface area contributed by atoms with E-state index < -0.39 is 21.1 Å². The first-order valence-electron chi connectivity index (χ1n) is 13.1. The van der Waals surface area contributed by atoms with Gasteiger partial charge in [0.2, 0.25) is 5.95 Å². The van der Waals surface area contributed by atoms with E-state index >= 15 is 0 Å². The maximum Gasteiger partial charge on any atom is 0.332 e. The summed E-state index contributed by atoms with van der Waals surface area (Å²) in [6.45, 7) is 5.99. The second-order valence-corrected chi connectivity index (χ2v) is 12.3. The topological polar surface area (TPSA) is 151 Å². The molecule has 0 amide bonds. The summed E-state index contributed by atoms with van der Waals surface area (Å²) < 4.78 is 29.3. The maximum absolute atomic E-state index is 13.8. The molecular weight excluding hydrogens is 518 g/mol. The largest absolute Gasteiger partial charge is 0.405 e. The van der Waals surface area contributed by atoms with Crippen molar-refractivity contribution >= 4 is 26.9 Å². The molecule has 3 aromatic rings. The maximum atomic E-state index is 13.8. The summed E-state index contributed by atoms with van der Waals surface area (Å²) in [4.78, 5) is 34.1. The van der Waals surface area contributed by atoms with Crippen molar-refractivity contribution in [2.45, 2.75) is 57.1 Å². The van der Waals surface area contributed by atoms with Gasteiger partial charge in [-0.05, 0) is 57.0 Å². The zero-order valence-electron chi connectivity index (χ0n) is 22.7. The van der Waals surface area contributed by atoms with Crippen molar-refractivity contribution in [3.63, 3.8) is 0 Å². The van der Waals surface area contributed by atoms with Gasteiger partial charge in [0.1, 0.15) is 0 Å². The first-order chi connectivity index (χ1) is 18.5. The van der Waals surface area contributed by atoms with Gasteiger partial charge < -0.3 is 20.9 Å². The van der Waals surface area contributed by atoms with Gasteiger partial charge in [0.25, 0.3) is 5.56 Å². The predicted octanol–water partition coefficient (Wildman–Crippen LogP) is 1.28. The van der Waals surface area contributed by atoms with Crippen LogP contribution in [0, 0.1) is 0 Å². The monoisotopic (exact) mass is 555 g/mol. The van der Waals surface area contributed by atoms with Crippen LogP contribution in [0.3, 0.4) is 0 Å². The minimum absolute atomic E-state index is 0.0226. The molecule has 11 nitrogen and oxygen atoms in total. The summed E-state index contributed by atoms with van der Waals surface area (Å²) >= 11 is 0. The second-order valence-electron chi connectivity index (χ2n) is 10.2. The highest BCUT2D eigenvalue weighted by atomic mass is 32.2. The summed E-state index contributed by atoms with van der Waals surface area (Å²) in [5.74, 6) is 0.462. The fraction of sp³-hybridized carbons (Fsp3) is 0.444. The molecule has 39 heavy (non-hydrogen) atoms. The average Bonchev–Trinajstić information content (AvgIpc) is 3.30. The van der Waals surface area contributed by atoms with Crippen molar-refractivity contribution in [2.24, 2.45) is 18.5 Å². The quantitative estimate of drug-likeness (QED) is 0.375. The molecule has 1 atom stereocenters. The van der Waals surface area contributed by atoms with E-state index in [1.165, 1.54) is 33.5 Å². The molecule has 0 saturated carbocycles. The number of aryl methyl sites for hydroxylation is 2. The van der Waals surface area contributed by atoms with Gasteiger partial charge in [0, 0.05) is 39.3 Å². The molecule has 210 valence electrons. The number of hydrogen-bond acceptors (Lipinski definition) is 8. The number of allylic oxidation sites excluding steroid dienone is 2. The fourth-order valence-corrected chi connectivity index (χ4v) is 5.93. The van der Waals surface area contributed by atoms with E-state index in [0.717, 1.165) is 30.5 Å². The lowest BCUT2D eigenvalue weighted by atomic mass is 10.1. The number of imidazole rings is 1. The highest BCUT2D eigenvalue weighted by Gasteiger charge is 2.26. The second kappa shape index (κ2) is 11.6. The zero-order chi connectivity index (χ0) is 28.3. The highest BCUT2D eigenvalue weighted by molar-refractivity contribution is 7.91. The third-order valence-electron chi connectivity index (χ3n) is 6.99. The average molecular weight is 556 g/mol. The molecule has 1 fully saturated rings. The van der Waals surface area contributed by atoms with Crippen LogP contribution in [0.5, 0.6) is 0 Å². The minimum atomic E-state index is -3.48. The summed E-state index contributed by atoms with van der Waals surface area (Å²) in [7, 11) is -1.85. The van der Waals surface area contributed by atoms with Crippen molar-refractivity contribution in [3.8, 4) is 0 Å². The third kappa shape index (κ3) is 6.01. The lowest BCUT2D eigenvalue weighted by molar-refractivity contribution is 0.495. The van der Waals surface area contributed by atoms with Crippen LogP contribution in [-0.2, 0) is 36.4 Å². The van der Waals surface area contributed by atoms with Crippen molar-refractivity contribution in [1.82, 2.24) is 18.7 Å². The number of sulfone groups is 1. The number of hydrogen-bond donors (Lipinski definition) is 2. The van der Waals surface area contributed by atoms with E-state index in [2.05, 4.69) is 4.90 Å². The van der Waals surface area contributed by atoms with Crippen LogP contribution in [0.4, 0.5) is 5.95 Å². The Balaban J connectivity index is 1.71. The molecule has 1 aromatic carbocycles. The van der Waals surface area contributed by atoms with E-state index in [0.29, 0.717) is 36.6 Å². The van der Waals surface area contributed by atoms with Crippen LogP contribution in [0.1, 0.15) is 32.3 Å². The minimum Gasteiger partial charge on any atom is -0.405 e. The number of piperidine rings is 1. The van der Waals surface area contributed by atoms with Crippen molar-refractivity contribution in [2.75, 3.05) is 23.7 Å². The van der Waals surface area contributed by atoms with Crippen LogP contribution in [-0.4, -0.2) is 52.0 Å².